The van der Waals surface area contributed by atoms with Gasteiger partial charge in [-0.3, -0.25) is 19.6 Å². The minimum Gasteiger partial charge on any atom is -0.370 e. The smallest absolute Gasteiger partial charge is 0.325 e. The molecular formula is C16H18N4O4. The van der Waals surface area contributed by atoms with Gasteiger partial charge in [-0.2, -0.15) is 0 Å². The zero-order valence-corrected chi connectivity index (χ0v) is 13.2. The summed E-state index contributed by atoms with van der Waals surface area (Å²) < 4.78 is 5.71. The fourth-order valence-corrected chi connectivity index (χ4v) is 2.75. The number of nitrogens with zero attached hydrogens (tertiary/aromatic N) is 2. The van der Waals surface area contributed by atoms with Crippen molar-refractivity contribution in [3.8, 4) is 0 Å². The van der Waals surface area contributed by atoms with Crippen molar-refractivity contribution in [1.82, 2.24) is 19.9 Å². The normalized spacial score (nSPS) is 17.7. The molecule has 8 heteroatoms. The molecule has 1 saturated heterocycles. The monoisotopic (exact) mass is 330 g/mol. The van der Waals surface area contributed by atoms with Gasteiger partial charge in [0, 0.05) is 35.8 Å². The molecule has 1 fully saturated rings. The van der Waals surface area contributed by atoms with E-state index >= 15 is 0 Å². The number of morpholine rings is 1. The molecule has 0 bridgehead atoms. The number of aromatic nitrogens is 3. The zero-order chi connectivity index (χ0) is 17.1. The van der Waals surface area contributed by atoms with E-state index in [1.807, 2.05) is 12.1 Å². The molecule has 3 heterocycles. The van der Waals surface area contributed by atoms with Crippen molar-refractivity contribution in [1.29, 1.82) is 0 Å². The maximum atomic E-state index is 12.5. The van der Waals surface area contributed by atoms with Gasteiger partial charge in [0.05, 0.1) is 19.6 Å². The molecule has 1 unspecified atom stereocenters. The van der Waals surface area contributed by atoms with Gasteiger partial charge in [-0.05, 0) is 13.0 Å². The number of amides is 1. The summed E-state index contributed by atoms with van der Waals surface area (Å²) in [5.74, 6) is -0.173. The van der Waals surface area contributed by atoms with E-state index in [1.54, 1.807) is 24.2 Å². The maximum absolute atomic E-state index is 12.5. The predicted molar refractivity (Wildman–Crippen MR) is 85.6 cm³/mol. The molecule has 1 aliphatic heterocycles. The van der Waals surface area contributed by atoms with E-state index in [2.05, 4.69) is 15.0 Å². The third-order valence-electron chi connectivity index (χ3n) is 4.06. The first kappa shape index (κ1) is 16.1. The third-order valence-corrected chi connectivity index (χ3v) is 4.06. The van der Waals surface area contributed by atoms with E-state index in [-0.39, 0.29) is 24.0 Å². The van der Waals surface area contributed by atoms with Gasteiger partial charge >= 0.3 is 5.69 Å². The van der Waals surface area contributed by atoms with Crippen LogP contribution in [0.3, 0.4) is 0 Å². The summed E-state index contributed by atoms with van der Waals surface area (Å²) >= 11 is 0. The first-order valence-electron chi connectivity index (χ1n) is 7.66. The minimum absolute atomic E-state index is 0.0578. The van der Waals surface area contributed by atoms with E-state index < -0.39 is 11.2 Å². The maximum Gasteiger partial charge on any atom is 0.325 e. The van der Waals surface area contributed by atoms with Gasteiger partial charge in [-0.25, -0.2) is 4.79 Å². The molecule has 0 radical (unpaired) electrons. The molecule has 1 amide bonds. The van der Waals surface area contributed by atoms with Crippen molar-refractivity contribution in [2.45, 2.75) is 19.4 Å². The Morgan fingerprint density at radius 2 is 2.25 bits per heavy atom. The molecule has 1 atom stereocenters. The SMILES string of the molecule is Cc1[nH]c(=O)[nH]c(=O)c1CC(=O)N1CCOC(c2cccnc2)C1. The minimum atomic E-state index is -0.572. The molecular weight excluding hydrogens is 312 g/mol. The van der Waals surface area contributed by atoms with Gasteiger partial charge in [0.25, 0.3) is 5.56 Å². The van der Waals surface area contributed by atoms with Crippen LogP contribution in [0.1, 0.15) is 22.9 Å². The topological polar surface area (TPSA) is 108 Å². The molecule has 1 aliphatic rings. The van der Waals surface area contributed by atoms with E-state index in [0.29, 0.717) is 25.4 Å². The van der Waals surface area contributed by atoms with Crippen LogP contribution in [-0.2, 0) is 16.0 Å². The molecule has 3 rings (SSSR count). The van der Waals surface area contributed by atoms with Crippen LogP contribution in [0.4, 0.5) is 0 Å². The van der Waals surface area contributed by atoms with Gasteiger partial charge in [-0.1, -0.05) is 6.07 Å². The van der Waals surface area contributed by atoms with Crippen molar-refractivity contribution in [3.05, 3.63) is 62.2 Å². The largest absolute Gasteiger partial charge is 0.370 e. The third kappa shape index (κ3) is 3.43. The Hall–Kier alpha value is -2.74. The van der Waals surface area contributed by atoms with Gasteiger partial charge in [0.2, 0.25) is 5.91 Å². The van der Waals surface area contributed by atoms with E-state index in [9.17, 15) is 14.4 Å². The van der Waals surface area contributed by atoms with Crippen molar-refractivity contribution < 1.29 is 9.53 Å². The number of aryl methyl sites for hydroxylation is 1. The van der Waals surface area contributed by atoms with Crippen LogP contribution < -0.4 is 11.2 Å². The van der Waals surface area contributed by atoms with Gasteiger partial charge in [0.15, 0.2) is 0 Å². The Morgan fingerprint density at radius 3 is 2.96 bits per heavy atom. The summed E-state index contributed by atoms with van der Waals surface area (Å²) in [6, 6.07) is 3.73. The number of H-pyrrole nitrogens is 2. The number of rotatable bonds is 3. The number of ether oxygens (including phenoxy) is 1. The standard InChI is InChI=1S/C16H18N4O4/c1-10-12(15(22)19-16(23)18-10)7-14(21)20-5-6-24-13(9-20)11-3-2-4-17-8-11/h2-4,8,13H,5-7,9H2,1H3,(H2,18,19,22,23). The number of carbonyl (C=O) groups excluding carboxylic acids is 1. The Bertz CT molecular complexity index is 843. The van der Waals surface area contributed by atoms with Crippen LogP contribution in [0.5, 0.6) is 0 Å². The van der Waals surface area contributed by atoms with Gasteiger partial charge in [-0.15, -0.1) is 0 Å². The molecule has 126 valence electrons. The molecule has 2 N–H and O–H groups in total. The lowest BCUT2D eigenvalue weighted by Gasteiger charge is -2.33. The second-order valence-corrected chi connectivity index (χ2v) is 5.67. The number of nitrogens with one attached hydrogen (secondary N) is 2. The summed E-state index contributed by atoms with van der Waals surface area (Å²) in [5.41, 5.74) is 0.504. The van der Waals surface area contributed by atoms with Crippen LogP contribution in [-0.4, -0.2) is 45.5 Å². The molecule has 8 nitrogen and oxygen atoms in total. The number of hydrogen-bond donors (Lipinski definition) is 2. The highest BCUT2D eigenvalue weighted by molar-refractivity contribution is 5.79. The Balaban J connectivity index is 1.74. The first-order valence-corrected chi connectivity index (χ1v) is 7.66. The number of hydrogen-bond acceptors (Lipinski definition) is 5. The quantitative estimate of drug-likeness (QED) is 0.817. The van der Waals surface area contributed by atoms with Crippen molar-refractivity contribution in [2.75, 3.05) is 19.7 Å². The van der Waals surface area contributed by atoms with Crippen LogP contribution >= 0.6 is 0 Å². The molecule has 2 aromatic heterocycles. The molecule has 0 spiro atoms. The summed E-state index contributed by atoms with van der Waals surface area (Å²) in [6.45, 7) is 2.91. The number of aromatic amines is 2. The lowest BCUT2D eigenvalue weighted by Crippen LogP contribution is -2.43. The highest BCUT2D eigenvalue weighted by Gasteiger charge is 2.26. The number of pyridine rings is 1. The molecule has 2 aromatic rings. The van der Waals surface area contributed by atoms with Crippen LogP contribution in [0.25, 0.3) is 0 Å². The highest BCUT2D eigenvalue weighted by atomic mass is 16.5. The zero-order valence-electron chi connectivity index (χ0n) is 13.2. The van der Waals surface area contributed by atoms with Crippen LogP contribution in [0, 0.1) is 6.92 Å². The predicted octanol–water partition coefficient (Wildman–Crippen LogP) is -0.0908. The lowest BCUT2D eigenvalue weighted by molar-refractivity contribution is -0.138. The van der Waals surface area contributed by atoms with E-state index in [0.717, 1.165) is 5.56 Å². The Labute approximate surface area is 137 Å². The van der Waals surface area contributed by atoms with Gasteiger partial charge in [0.1, 0.15) is 6.10 Å². The van der Waals surface area contributed by atoms with Crippen LogP contribution in [0.2, 0.25) is 0 Å². The summed E-state index contributed by atoms with van der Waals surface area (Å²) in [4.78, 5) is 46.0. The van der Waals surface area contributed by atoms with Crippen molar-refractivity contribution in [3.63, 3.8) is 0 Å². The summed E-state index contributed by atoms with van der Waals surface area (Å²) in [5, 5.41) is 0. The second kappa shape index (κ2) is 6.79. The van der Waals surface area contributed by atoms with Crippen molar-refractivity contribution >= 4 is 5.91 Å². The average Bonchev–Trinajstić information content (AvgIpc) is 2.59. The fourth-order valence-electron chi connectivity index (χ4n) is 2.75. The Kier molecular flexibility index (Phi) is 4.57. The molecule has 0 saturated carbocycles. The number of carbonyl (C=O) groups is 1. The summed E-state index contributed by atoms with van der Waals surface area (Å²) in [6.07, 6.45) is 3.11. The first-order chi connectivity index (χ1) is 11.5. The summed E-state index contributed by atoms with van der Waals surface area (Å²) in [7, 11) is 0. The molecule has 0 aromatic carbocycles. The highest BCUT2D eigenvalue weighted by Crippen LogP contribution is 2.21. The molecule has 24 heavy (non-hydrogen) atoms. The van der Waals surface area contributed by atoms with Crippen LogP contribution in [0.15, 0.2) is 34.1 Å². The van der Waals surface area contributed by atoms with E-state index in [4.69, 9.17) is 4.74 Å². The average molecular weight is 330 g/mol. The van der Waals surface area contributed by atoms with Gasteiger partial charge < -0.3 is 14.6 Å². The lowest BCUT2D eigenvalue weighted by atomic mass is 10.1. The van der Waals surface area contributed by atoms with Crippen molar-refractivity contribution in [2.24, 2.45) is 0 Å². The fraction of sp³-hybridized carbons (Fsp3) is 0.375. The Morgan fingerprint density at radius 1 is 1.42 bits per heavy atom. The second-order valence-electron chi connectivity index (χ2n) is 5.67. The molecule has 0 aliphatic carbocycles. The van der Waals surface area contributed by atoms with E-state index in [1.165, 1.54) is 0 Å².